The van der Waals surface area contributed by atoms with Crippen molar-refractivity contribution >= 4 is 17.9 Å². The SMILES string of the molecule is CC/C=C\C/C=C\C/C=C\CC(=O)OCC(COC(=O)CCCCC/C=C\C=C/CCCC)OC(=O)C/C=C\C/C=C\C/C=C\CC. The van der Waals surface area contributed by atoms with Gasteiger partial charge in [0, 0.05) is 6.42 Å². The minimum Gasteiger partial charge on any atom is -0.462 e. The molecule has 1 atom stereocenters. The van der Waals surface area contributed by atoms with Crippen LogP contribution in [0.15, 0.2) is 97.2 Å². The molecule has 6 heteroatoms. The minimum absolute atomic E-state index is 0.0788. The number of hydrogen-bond acceptors (Lipinski definition) is 6. The maximum atomic E-state index is 12.5. The van der Waals surface area contributed by atoms with Crippen LogP contribution in [0, 0.1) is 0 Å². The Kier molecular flexibility index (Phi) is 32.4. The molecule has 0 aromatic carbocycles. The third-order valence-corrected chi connectivity index (χ3v) is 6.65. The predicted octanol–water partition coefficient (Wildman–Crippen LogP) is 10.7. The molecule has 0 amide bonds. The quantitative estimate of drug-likeness (QED) is 0.0263. The van der Waals surface area contributed by atoms with E-state index < -0.39 is 18.0 Å². The molecule has 0 aliphatic rings. The summed E-state index contributed by atoms with van der Waals surface area (Å²) in [6.07, 6.45) is 44.7. The lowest BCUT2D eigenvalue weighted by Crippen LogP contribution is -2.30. The van der Waals surface area contributed by atoms with Crippen LogP contribution in [-0.2, 0) is 28.6 Å². The summed E-state index contributed by atoms with van der Waals surface area (Å²) >= 11 is 0. The molecule has 0 fully saturated rings. The first-order valence-corrected chi connectivity index (χ1v) is 17.8. The zero-order chi connectivity index (χ0) is 34.5. The fourth-order valence-corrected chi connectivity index (χ4v) is 4.01. The van der Waals surface area contributed by atoms with E-state index in [-0.39, 0.29) is 32.0 Å². The van der Waals surface area contributed by atoms with Gasteiger partial charge in [0.15, 0.2) is 6.10 Å². The Balaban J connectivity index is 4.65. The van der Waals surface area contributed by atoms with Crippen LogP contribution < -0.4 is 0 Å². The van der Waals surface area contributed by atoms with Crippen LogP contribution in [0.25, 0.3) is 0 Å². The molecule has 0 aromatic heterocycles. The first kappa shape index (κ1) is 43.3. The van der Waals surface area contributed by atoms with Gasteiger partial charge in [0.25, 0.3) is 0 Å². The van der Waals surface area contributed by atoms with E-state index >= 15 is 0 Å². The Morgan fingerprint density at radius 3 is 1.49 bits per heavy atom. The summed E-state index contributed by atoms with van der Waals surface area (Å²) in [6, 6.07) is 0. The van der Waals surface area contributed by atoms with Crippen molar-refractivity contribution in [3.8, 4) is 0 Å². The van der Waals surface area contributed by atoms with E-state index in [0.717, 1.165) is 70.6 Å². The fourth-order valence-electron chi connectivity index (χ4n) is 4.01. The Bertz CT molecular complexity index is 1020. The molecule has 0 rings (SSSR count). The van der Waals surface area contributed by atoms with E-state index in [1.54, 1.807) is 12.2 Å². The predicted molar refractivity (Wildman–Crippen MR) is 196 cm³/mol. The number of esters is 3. The van der Waals surface area contributed by atoms with Crippen molar-refractivity contribution < 1.29 is 28.6 Å². The van der Waals surface area contributed by atoms with Crippen molar-refractivity contribution in [2.24, 2.45) is 0 Å². The van der Waals surface area contributed by atoms with Crippen molar-refractivity contribution in [3.63, 3.8) is 0 Å². The van der Waals surface area contributed by atoms with Crippen LogP contribution in [-0.4, -0.2) is 37.2 Å². The largest absolute Gasteiger partial charge is 0.462 e. The van der Waals surface area contributed by atoms with E-state index in [1.165, 1.54) is 12.8 Å². The van der Waals surface area contributed by atoms with Crippen molar-refractivity contribution in [1.82, 2.24) is 0 Å². The van der Waals surface area contributed by atoms with Gasteiger partial charge in [0.1, 0.15) is 13.2 Å². The summed E-state index contributed by atoms with van der Waals surface area (Å²) in [5.74, 6) is -1.26. The maximum absolute atomic E-state index is 12.5. The van der Waals surface area contributed by atoms with Gasteiger partial charge in [-0.3, -0.25) is 14.4 Å². The summed E-state index contributed by atoms with van der Waals surface area (Å²) in [5, 5.41) is 0. The smallest absolute Gasteiger partial charge is 0.310 e. The van der Waals surface area contributed by atoms with E-state index in [1.807, 2.05) is 24.3 Å². The standard InChI is InChI=1S/C41H62O6/c1-4-7-10-13-16-19-20-23-25-28-31-34-40(43)46-37-38(47-41(44)35-32-29-26-22-18-15-12-9-6-3)36-45-39(42)33-30-27-24-21-17-14-11-8-5-2/h8-9,11-13,16-22,27,29-30,32,38H,4-7,10,14-15,23-26,28,31,33-37H2,1-3H3/b11-8-,12-9-,16-13-,20-19-,21-17-,22-18-,30-27-,32-29-. The molecule has 0 aliphatic carbocycles. The monoisotopic (exact) mass is 650 g/mol. The highest BCUT2D eigenvalue weighted by Crippen LogP contribution is 2.07. The van der Waals surface area contributed by atoms with Crippen molar-refractivity contribution in [1.29, 1.82) is 0 Å². The topological polar surface area (TPSA) is 78.9 Å². The lowest BCUT2D eigenvalue weighted by Gasteiger charge is -2.17. The zero-order valence-corrected chi connectivity index (χ0v) is 29.5. The maximum Gasteiger partial charge on any atom is 0.310 e. The molecular formula is C41H62O6. The van der Waals surface area contributed by atoms with Gasteiger partial charge in [0.05, 0.1) is 12.8 Å². The van der Waals surface area contributed by atoms with Gasteiger partial charge in [-0.2, -0.15) is 0 Å². The molecule has 0 bridgehead atoms. The summed E-state index contributed by atoms with van der Waals surface area (Å²) in [4.78, 5) is 37.1. The second-order valence-electron chi connectivity index (χ2n) is 11.1. The highest BCUT2D eigenvalue weighted by Gasteiger charge is 2.18. The average Bonchev–Trinajstić information content (AvgIpc) is 3.06. The molecule has 0 heterocycles. The second-order valence-corrected chi connectivity index (χ2v) is 11.1. The molecule has 0 aromatic rings. The first-order valence-electron chi connectivity index (χ1n) is 17.8. The van der Waals surface area contributed by atoms with Gasteiger partial charge in [-0.1, -0.05) is 137 Å². The van der Waals surface area contributed by atoms with Crippen LogP contribution in [0.5, 0.6) is 0 Å². The number of hydrogen-bond donors (Lipinski definition) is 0. The lowest BCUT2D eigenvalue weighted by molar-refractivity contribution is -0.166. The summed E-state index contributed by atoms with van der Waals surface area (Å²) in [7, 11) is 0. The number of ether oxygens (including phenoxy) is 3. The van der Waals surface area contributed by atoms with Crippen LogP contribution in [0.4, 0.5) is 0 Å². The van der Waals surface area contributed by atoms with E-state index in [0.29, 0.717) is 6.42 Å². The molecule has 0 saturated carbocycles. The van der Waals surface area contributed by atoms with Gasteiger partial charge < -0.3 is 14.2 Å². The van der Waals surface area contributed by atoms with Gasteiger partial charge in [-0.15, -0.1) is 0 Å². The zero-order valence-electron chi connectivity index (χ0n) is 29.5. The summed E-state index contributed by atoms with van der Waals surface area (Å²) in [5.41, 5.74) is 0. The third kappa shape index (κ3) is 33.5. The third-order valence-electron chi connectivity index (χ3n) is 6.65. The highest BCUT2D eigenvalue weighted by atomic mass is 16.6. The van der Waals surface area contributed by atoms with Crippen molar-refractivity contribution in [2.45, 2.75) is 130 Å². The molecular weight excluding hydrogens is 588 g/mol. The molecule has 6 nitrogen and oxygen atoms in total. The number of rotatable bonds is 29. The lowest BCUT2D eigenvalue weighted by atomic mass is 10.1. The van der Waals surface area contributed by atoms with E-state index in [2.05, 4.69) is 81.5 Å². The van der Waals surface area contributed by atoms with Gasteiger partial charge in [-0.25, -0.2) is 0 Å². The Morgan fingerprint density at radius 2 is 0.957 bits per heavy atom. The van der Waals surface area contributed by atoms with Gasteiger partial charge in [0.2, 0.25) is 0 Å². The average molecular weight is 651 g/mol. The van der Waals surface area contributed by atoms with Gasteiger partial charge >= 0.3 is 17.9 Å². The molecule has 0 spiro atoms. The molecule has 0 N–H and O–H groups in total. The second kappa shape index (κ2) is 35.2. The minimum atomic E-state index is -0.868. The Morgan fingerprint density at radius 1 is 0.489 bits per heavy atom. The first-order chi connectivity index (χ1) is 23.0. The molecule has 0 aliphatic heterocycles. The van der Waals surface area contributed by atoms with E-state index in [9.17, 15) is 14.4 Å². The van der Waals surface area contributed by atoms with Crippen LogP contribution in [0.2, 0.25) is 0 Å². The molecule has 262 valence electrons. The Labute approximate surface area is 286 Å². The van der Waals surface area contributed by atoms with Crippen molar-refractivity contribution in [3.05, 3.63) is 97.2 Å². The van der Waals surface area contributed by atoms with Crippen LogP contribution in [0.3, 0.4) is 0 Å². The Hall–Kier alpha value is -3.67. The van der Waals surface area contributed by atoms with Crippen LogP contribution >= 0.6 is 0 Å². The molecule has 1 unspecified atom stereocenters. The summed E-state index contributed by atoms with van der Waals surface area (Å²) in [6.45, 7) is 6.06. The molecule has 0 radical (unpaired) electrons. The van der Waals surface area contributed by atoms with Gasteiger partial charge in [-0.05, 0) is 64.2 Å². The fraction of sp³-hybridized carbons (Fsp3) is 0.537. The molecule has 47 heavy (non-hydrogen) atoms. The normalized spacial score (nSPS) is 13.2. The number of unbranched alkanes of at least 4 members (excludes halogenated alkanes) is 5. The van der Waals surface area contributed by atoms with Crippen molar-refractivity contribution in [2.75, 3.05) is 13.2 Å². The number of carbonyl (C=O) groups is 3. The highest BCUT2D eigenvalue weighted by molar-refractivity contribution is 5.72. The summed E-state index contributed by atoms with van der Waals surface area (Å²) < 4.78 is 16.3. The molecule has 0 saturated heterocycles. The van der Waals surface area contributed by atoms with E-state index in [4.69, 9.17) is 14.2 Å². The number of allylic oxidation sites excluding steroid dienone is 14. The number of carbonyl (C=O) groups excluding carboxylic acids is 3. The van der Waals surface area contributed by atoms with Crippen LogP contribution in [0.1, 0.15) is 124 Å².